The van der Waals surface area contributed by atoms with Crippen LogP contribution < -0.4 is 10.2 Å². The van der Waals surface area contributed by atoms with Crippen molar-refractivity contribution in [2.45, 2.75) is 45.5 Å². The van der Waals surface area contributed by atoms with Crippen LogP contribution in [0, 0.1) is 11.3 Å². The van der Waals surface area contributed by atoms with Crippen molar-refractivity contribution in [1.82, 2.24) is 0 Å². The summed E-state index contributed by atoms with van der Waals surface area (Å²) in [5.74, 6) is 0.342. The van der Waals surface area contributed by atoms with Gasteiger partial charge in [-0.1, -0.05) is 24.3 Å². The first-order valence-electron chi connectivity index (χ1n) is 9.43. The lowest BCUT2D eigenvalue weighted by Crippen LogP contribution is -2.49. The Kier molecular flexibility index (Phi) is 5.97. The van der Waals surface area contributed by atoms with Crippen LogP contribution in [0.1, 0.15) is 38.8 Å². The van der Waals surface area contributed by atoms with Crippen molar-refractivity contribution in [3.8, 4) is 11.8 Å². The summed E-state index contributed by atoms with van der Waals surface area (Å²) in [6, 6.07) is 16.7. The van der Waals surface area contributed by atoms with Crippen LogP contribution in [0.5, 0.6) is 5.75 Å². The minimum atomic E-state index is -0.697. The number of carbonyl (C=O) groups is 1. The zero-order valence-corrected chi connectivity index (χ0v) is 17.1. The molecule has 0 aliphatic carbocycles. The lowest BCUT2D eigenvalue weighted by molar-refractivity contribution is -0.142. The summed E-state index contributed by atoms with van der Waals surface area (Å²) in [4.78, 5) is 11.1. The number of hydrogen-bond donors (Lipinski definition) is 0. The van der Waals surface area contributed by atoms with Crippen molar-refractivity contribution < 1.29 is 23.6 Å². The average molecular weight is 393 g/mol. The van der Waals surface area contributed by atoms with Gasteiger partial charge in [0, 0.05) is 6.92 Å². The third kappa shape index (κ3) is 4.79. The third-order valence-corrected chi connectivity index (χ3v) is 5.21. The van der Waals surface area contributed by atoms with E-state index >= 15 is 0 Å². The van der Waals surface area contributed by atoms with E-state index in [1.807, 2.05) is 45.0 Å². The molecule has 0 saturated carbocycles. The Hall–Kier alpha value is -2.82. The van der Waals surface area contributed by atoms with E-state index in [2.05, 4.69) is 6.07 Å². The fraction of sp³-hybridized carbons (Fsp3) is 0.364. The minimum absolute atomic E-state index is 0.207. The molecule has 2 aromatic rings. The number of carbonyl (C=O) groups excluding carboxylic acids is 1. The molecule has 2 aromatic carbocycles. The molecule has 1 atom stereocenters. The summed E-state index contributed by atoms with van der Waals surface area (Å²) in [6.45, 7) is 7.78. The Morgan fingerprint density at radius 3 is 2.52 bits per heavy atom. The molecule has 150 valence electrons. The van der Waals surface area contributed by atoms with Crippen molar-refractivity contribution in [3.05, 3.63) is 59.7 Å². The molecule has 1 aliphatic rings. The van der Waals surface area contributed by atoms with E-state index < -0.39 is 18.3 Å². The molecule has 1 heterocycles. The second-order valence-corrected chi connectivity index (χ2v) is 7.76. The van der Waals surface area contributed by atoms with Crippen molar-refractivity contribution in [2.75, 3.05) is 6.61 Å². The summed E-state index contributed by atoms with van der Waals surface area (Å²) in [7, 11) is -0.558. The Morgan fingerprint density at radius 2 is 1.86 bits per heavy atom. The van der Waals surface area contributed by atoms with Crippen LogP contribution in [0.25, 0.3) is 0 Å². The lowest BCUT2D eigenvalue weighted by atomic mass is 9.78. The normalized spacial score (nSPS) is 20.2. The molecule has 0 N–H and O–H groups in total. The van der Waals surface area contributed by atoms with Gasteiger partial charge in [0.1, 0.15) is 24.6 Å². The molecule has 29 heavy (non-hydrogen) atoms. The fourth-order valence-electron chi connectivity index (χ4n) is 3.00. The Morgan fingerprint density at radius 1 is 1.14 bits per heavy atom. The molecule has 1 saturated heterocycles. The predicted octanol–water partition coefficient (Wildman–Crippen LogP) is 2.98. The monoisotopic (exact) mass is 393 g/mol. The Labute approximate surface area is 171 Å². The van der Waals surface area contributed by atoms with E-state index in [1.54, 1.807) is 24.3 Å². The zero-order valence-electron chi connectivity index (χ0n) is 17.1. The summed E-state index contributed by atoms with van der Waals surface area (Å²) < 4.78 is 23.5. The minimum Gasteiger partial charge on any atom is -0.491 e. The molecule has 3 rings (SSSR count). The molecule has 1 fully saturated rings. The van der Waals surface area contributed by atoms with Gasteiger partial charge in [-0.2, -0.15) is 5.26 Å². The highest BCUT2D eigenvalue weighted by Crippen LogP contribution is 2.37. The number of esters is 1. The van der Waals surface area contributed by atoms with E-state index in [9.17, 15) is 4.79 Å². The van der Waals surface area contributed by atoms with Gasteiger partial charge in [-0.25, -0.2) is 0 Å². The summed E-state index contributed by atoms with van der Waals surface area (Å²) in [6.07, 6.45) is 0. The van der Waals surface area contributed by atoms with Crippen LogP contribution in [0.3, 0.4) is 0 Å². The SMILES string of the molecule is CC(=O)OCc1cccc(B2OC(C)(C)C(C)(COc3ccc(C#N)cc3)O2)c1. The van der Waals surface area contributed by atoms with Gasteiger partial charge in [0.2, 0.25) is 0 Å². The summed E-state index contributed by atoms with van der Waals surface area (Å²) >= 11 is 0. The second-order valence-electron chi connectivity index (χ2n) is 7.76. The maximum absolute atomic E-state index is 11.1. The van der Waals surface area contributed by atoms with E-state index in [0.29, 0.717) is 11.3 Å². The lowest BCUT2D eigenvalue weighted by Gasteiger charge is -2.35. The first-order valence-corrected chi connectivity index (χ1v) is 9.43. The number of nitriles is 1. The van der Waals surface area contributed by atoms with Crippen molar-refractivity contribution >= 4 is 18.6 Å². The first-order chi connectivity index (χ1) is 13.7. The molecule has 6 nitrogen and oxygen atoms in total. The predicted molar refractivity (Wildman–Crippen MR) is 109 cm³/mol. The quantitative estimate of drug-likeness (QED) is 0.555. The topological polar surface area (TPSA) is 77.8 Å². The molecule has 0 spiro atoms. The molecule has 0 radical (unpaired) electrons. The second kappa shape index (κ2) is 8.28. The third-order valence-electron chi connectivity index (χ3n) is 5.21. The van der Waals surface area contributed by atoms with Gasteiger partial charge >= 0.3 is 13.1 Å². The standard InChI is InChI=1S/C22H24BNO5/c1-16(25)26-14-18-6-5-7-19(12-18)23-28-21(2,3)22(4,29-23)15-27-20-10-8-17(13-24)9-11-20/h5-12H,14-15H2,1-4H3. The van der Waals surface area contributed by atoms with Crippen LogP contribution in [0.4, 0.5) is 0 Å². The van der Waals surface area contributed by atoms with E-state index in [4.69, 9.17) is 24.0 Å². The Bertz CT molecular complexity index is 922. The number of hydrogen-bond acceptors (Lipinski definition) is 6. The average Bonchev–Trinajstić information content (AvgIpc) is 2.95. The van der Waals surface area contributed by atoms with Crippen LogP contribution >= 0.6 is 0 Å². The summed E-state index contributed by atoms with van der Waals surface area (Å²) in [5, 5.41) is 8.91. The highest BCUT2D eigenvalue weighted by atomic mass is 16.7. The molecule has 0 amide bonds. The largest absolute Gasteiger partial charge is 0.494 e. The highest BCUT2D eigenvalue weighted by molar-refractivity contribution is 6.62. The van der Waals surface area contributed by atoms with Gasteiger partial charge in [0.05, 0.1) is 17.2 Å². The van der Waals surface area contributed by atoms with Crippen LogP contribution in [-0.2, 0) is 25.4 Å². The number of benzene rings is 2. The first kappa shape index (κ1) is 20.9. The molecule has 7 heteroatoms. The fourth-order valence-corrected chi connectivity index (χ4v) is 3.00. The number of ether oxygens (including phenoxy) is 2. The van der Waals surface area contributed by atoms with Gasteiger partial charge in [0.15, 0.2) is 0 Å². The van der Waals surface area contributed by atoms with Crippen molar-refractivity contribution in [1.29, 1.82) is 5.26 Å². The smallest absolute Gasteiger partial charge is 0.491 e. The zero-order chi connectivity index (χ0) is 21.1. The van der Waals surface area contributed by atoms with Crippen LogP contribution in [-0.4, -0.2) is 30.9 Å². The van der Waals surface area contributed by atoms with E-state index in [1.165, 1.54) is 6.92 Å². The van der Waals surface area contributed by atoms with Crippen LogP contribution in [0.2, 0.25) is 0 Å². The molecular formula is C22H24BNO5. The summed E-state index contributed by atoms with van der Waals surface area (Å²) in [5.41, 5.74) is 1.00. The molecule has 0 aromatic heterocycles. The van der Waals surface area contributed by atoms with Crippen molar-refractivity contribution in [2.24, 2.45) is 0 Å². The molecular weight excluding hydrogens is 369 g/mol. The highest BCUT2D eigenvalue weighted by Gasteiger charge is 2.55. The van der Waals surface area contributed by atoms with Gasteiger partial charge in [0.25, 0.3) is 0 Å². The molecule has 1 aliphatic heterocycles. The van der Waals surface area contributed by atoms with Crippen LogP contribution in [0.15, 0.2) is 48.5 Å². The van der Waals surface area contributed by atoms with E-state index in [-0.39, 0.29) is 19.2 Å². The number of rotatable bonds is 6. The van der Waals surface area contributed by atoms with Crippen molar-refractivity contribution in [3.63, 3.8) is 0 Å². The van der Waals surface area contributed by atoms with E-state index in [0.717, 1.165) is 11.0 Å². The van der Waals surface area contributed by atoms with Gasteiger partial charge in [-0.15, -0.1) is 0 Å². The maximum Gasteiger partial charge on any atom is 0.494 e. The maximum atomic E-state index is 11.1. The van der Waals surface area contributed by atoms with Gasteiger partial charge < -0.3 is 18.8 Å². The molecule has 1 unspecified atom stereocenters. The Balaban J connectivity index is 1.71. The van der Waals surface area contributed by atoms with Gasteiger partial charge in [-0.3, -0.25) is 4.79 Å². The number of nitrogens with zero attached hydrogens (tertiary/aromatic N) is 1. The molecule has 0 bridgehead atoms. The van der Waals surface area contributed by atoms with Gasteiger partial charge in [-0.05, 0) is 56.1 Å².